The van der Waals surface area contributed by atoms with Gasteiger partial charge < -0.3 is 10.2 Å². The van der Waals surface area contributed by atoms with Crippen LogP contribution in [-0.4, -0.2) is 28.3 Å². The van der Waals surface area contributed by atoms with Gasteiger partial charge in [-0.3, -0.25) is 0 Å². The van der Waals surface area contributed by atoms with Gasteiger partial charge in [-0.25, -0.2) is 22.8 Å². The first-order valence-electron chi connectivity index (χ1n) is 4.87. The predicted molar refractivity (Wildman–Crippen MR) is 50.2 cm³/mol. The first kappa shape index (κ1) is 17.7. The highest BCUT2D eigenvalue weighted by Crippen LogP contribution is 2.47. The predicted octanol–water partition coefficient (Wildman–Crippen LogP) is 3.15. The Kier molecular flexibility index (Phi) is 4.09. The van der Waals surface area contributed by atoms with Crippen molar-refractivity contribution in [2.75, 3.05) is 0 Å². The van der Waals surface area contributed by atoms with E-state index in [0.717, 1.165) is 0 Å². The van der Waals surface area contributed by atoms with Crippen molar-refractivity contribution in [2.45, 2.75) is 12.1 Å². The SMILES string of the molecule is O=C(O)c1c(F)c(F)c(F)c(C(=O)O)c1C(F)(F)C(F)(F)F. The molecule has 12 heteroatoms. The number of halogens is 8. The smallest absolute Gasteiger partial charge is 0.458 e. The van der Waals surface area contributed by atoms with Crippen LogP contribution in [0.25, 0.3) is 0 Å². The monoisotopic (exact) mass is 338 g/mol. The highest BCUT2D eigenvalue weighted by atomic mass is 19.4. The Morgan fingerprint density at radius 1 is 0.727 bits per heavy atom. The van der Waals surface area contributed by atoms with Gasteiger partial charge in [0.15, 0.2) is 17.5 Å². The second-order valence-corrected chi connectivity index (χ2v) is 3.75. The zero-order chi connectivity index (χ0) is 17.6. The summed E-state index contributed by atoms with van der Waals surface area (Å²) in [6.45, 7) is 0. The van der Waals surface area contributed by atoms with Crippen LogP contribution in [-0.2, 0) is 5.92 Å². The number of aromatic carboxylic acids is 2. The zero-order valence-corrected chi connectivity index (χ0v) is 9.73. The number of alkyl halides is 5. The van der Waals surface area contributed by atoms with E-state index in [-0.39, 0.29) is 0 Å². The average Bonchev–Trinajstić information content (AvgIpc) is 2.32. The molecule has 0 unspecified atom stereocenters. The fourth-order valence-corrected chi connectivity index (χ4v) is 1.52. The van der Waals surface area contributed by atoms with Crippen molar-refractivity contribution in [1.82, 2.24) is 0 Å². The first-order chi connectivity index (χ1) is 9.75. The molecule has 0 saturated heterocycles. The minimum Gasteiger partial charge on any atom is -0.478 e. The van der Waals surface area contributed by atoms with Gasteiger partial charge in [0.05, 0.1) is 5.56 Å². The molecule has 0 atom stereocenters. The van der Waals surface area contributed by atoms with Crippen LogP contribution >= 0.6 is 0 Å². The summed E-state index contributed by atoms with van der Waals surface area (Å²) in [5, 5.41) is 16.9. The van der Waals surface area contributed by atoms with Crippen molar-refractivity contribution in [3.63, 3.8) is 0 Å². The van der Waals surface area contributed by atoms with Crippen molar-refractivity contribution < 1.29 is 54.9 Å². The van der Waals surface area contributed by atoms with E-state index >= 15 is 0 Å². The molecule has 22 heavy (non-hydrogen) atoms. The van der Waals surface area contributed by atoms with Crippen LogP contribution in [0.3, 0.4) is 0 Å². The zero-order valence-electron chi connectivity index (χ0n) is 9.73. The van der Waals surface area contributed by atoms with E-state index < -0.39 is 58.2 Å². The molecule has 0 fully saturated rings. The molecule has 0 aromatic heterocycles. The fraction of sp³-hybridized carbons (Fsp3) is 0.200. The van der Waals surface area contributed by atoms with Gasteiger partial charge in [-0.05, 0) is 0 Å². The number of benzene rings is 1. The van der Waals surface area contributed by atoms with Crippen molar-refractivity contribution in [1.29, 1.82) is 0 Å². The Hall–Kier alpha value is -2.40. The molecule has 1 aromatic carbocycles. The van der Waals surface area contributed by atoms with E-state index in [0.29, 0.717) is 0 Å². The second-order valence-electron chi connectivity index (χ2n) is 3.75. The Labute approximate surface area is 114 Å². The van der Waals surface area contributed by atoms with Crippen LogP contribution in [0.1, 0.15) is 26.3 Å². The van der Waals surface area contributed by atoms with Crippen LogP contribution in [0, 0.1) is 17.5 Å². The summed E-state index contributed by atoms with van der Waals surface area (Å²) < 4.78 is 103. The molecule has 0 aliphatic carbocycles. The van der Waals surface area contributed by atoms with E-state index in [4.69, 9.17) is 10.2 Å². The normalized spacial score (nSPS) is 12.4. The van der Waals surface area contributed by atoms with E-state index in [1.807, 2.05) is 0 Å². The summed E-state index contributed by atoms with van der Waals surface area (Å²) in [6, 6.07) is 0. The largest absolute Gasteiger partial charge is 0.478 e. The number of carbonyl (C=O) groups is 2. The number of hydrogen-bond acceptors (Lipinski definition) is 2. The van der Waals surface area contributed by atoms with Gasteiger partial charge in [0, 0.05) is 0 Å². The number of hydrogen-bond donors (Lipinski definition) is 2. The molecule has 0 aliphatic heterocycles. The van der Waals surface area contributed by atoms with Crippen LogP contribution in [0.5, 0.6) is 0 Å². The van der Waals surface area contributed by atoms with Gasteiger partial charge in [-0.15, -0.1) is 0 Å². The van der Waals surface area contributed by atoms with E-state index in [1.54, 1.807) is 0 Å². The molecule has 0 heterocycles. The quantitative estimate of drug-likeness (QED) is 0.656. The lowest BCUT2D eigenvalue weighted by Gasteiger charge is -2.23. The third kappa shape index (κ3) is 2.44. The van der Waals surface area contributed by atoms with Gasteiger partial charge in [-0.2, -0.15) is 22.0 Å². The molecular formula is C10H2F8O4. The fourth-order valence-electron chi connectivity index (χ4n) is 1.52. The van der Waals surface area contributed by atoms with E-state index in [2.05, 4.69) is 0 Å². The molecule has 1 aromatic rings. The first-order valence-corrected chi connectivity index (χ1v) is 4.87. The maximum absolute atomic E-state index is 13.3. The maximum Gasteiger partial charge on any atom is 0.458 e. The highest BCUT2D eigenvalue weighted by Gasteiger charge is 2.62. The number of carboxylic acid groups (broad SMARTS) is 2. The third-order valence-corrected chi connectivity index (χ3v) is 2.42. The van der Waals surface area contributed by atoms with Gasteiger partial charge >= 0.3 is 24.0 Å². The Morgan fingerprint density at radius 2 is 1.05 bits per heavy atom. The minimum absolute atomic E-state index is 2.63. The molecule has 0 aliphatic rings. The second kappa shape index (κ2) is 5.10. The molecule has 0 amide bonds. The minimum atomic E-state index is -6.59. The number of rotatable bonds is 3. The van der Waals surface area contributed by atoms with E-state index in [1.165, 1.54) is 0 Å². The van der Waals surface area contributed by atoms with E-state index in [9.17, 15) is 44.7 Å². The lowest BCUT2D eigenvalue weighted by atomic mass is 9.93. The van der Waals surface area contributed by atoms with Crippen molar-refractivity contribution >= 4 is 11.9 Å². The third-order valence-electron chi connectivity index (χ3n) is 2.42. The maximum atomic E-state index is 13.3. The highest BCUT2D eigenvalue weighted by molar-refractivity contribution is 5.97. The Balaban J connectivity index is 4.13. The standard InChI is InChI=1S/C10H2F8O4/c11-4-1(7(19)20)3(9(14,15)10(16,17)18)2(8(21)22)5(12)6(4)13/h(H,19,20)(H,21,22). The molecule has 0 saturated carbocycles. The lowest BCUT2D eigenvalue weighted by Crippen LogP contribution is -2.38. The summed E-state index contributed by atoms with van der Waals surface area (Å²) in [5.41, 5.74) is -8.28. The number of carboxylic acids is 2. The summed E-state index contributed by atoms with van der Waals surface area (Å²) in [7, 11) is 0. The van der Waals surface area contributed by atoms with Gasteiger partial charge in [0.2, 0.25) is 0 Å². The molecule has 0 spiro atoms. The summed E-state index contributed by atoms with van der Waals surface area (Å²) in [5.74, 6) is -20.5. The molecule has 4 nitrogen and oxygen atoms in total. The Morgan fingerprint density at radius 3 is 1.27 bits per heavy atom. The Bertz CT molecular complexity index is 623. The molecule has 0 radical (unpaired) electrons. The van der Waals surface area contributed by atoms with Gasteiger partial charge in [-0.1, -0.05) is 0 Å². The van der Waals surface area contributed by atoms with Crippen molar-refractivity contribution in [3.8, 4) is 0 Å². The van der Waals surface area contributed by atoms with Crippen LogP contribution < -0.4 is 0 Å². The summed E-state index contributed by atoms with van der Waals surface area (Å²) in [4.78, 5) is 21.3. The van der Waals surface area contributed by atoms with Crippen molar-refractivity contribution in [3.05, 3.63) is 34.1 Å². The van der Waals surface area contributed by atoms with Gasteiger partial charge in [0.25, 0.3) is 0 Å². The molecule has 122 valence electrons. The van der Waals surface area contributed by atoms with Crippen LogP contribution in [0.2, 0.25) is 0 Å². The summed E-state index contributed by atoms with van der Waals surface area (Å²) in [6.07, 6.45) is -6.59. The molecule has 0 bridgehead atoms. The van der Waals surface area contributed by atoms with Crippen molar-refractivity contribution in [2.24, 2.45) is 0 Å². The molecule has 2 N–H and O–H groups in total. The van der Waals surface area contributed by atoms with Crippen LogP contribution in [0.4, 0.5) is 35.1 Å². The summed E-state index contributed by atoms with van der Waals surface area (Å²) >= 11 is 0. The van der Waals surface area contributed by atoms with Crippen LogP contribution in [0.15, 0.2) is 0 Å². The topological polar surface area (TPSA) is 74.6 Å². The molecule has 1 rings (SSSR count). The average molecular weight is 338 g/mol. The van der Waals surface area contributed by atoms with Gasteiger partial charge in [0.1, 0.15) is 11.1 Å². The molecular weight excluding hydrogens is 336 g/mol. The lowest BCUT2D eigenvalue weighted by molar-refractivity contribution is -0.289.